The molecule has 1 saturated heterocycles. The number of carbonyl (C=O) groups excluding carboxylic acids is 1. The Labute approximate surface area is 186 Å². The van der Waals surface area contributed by atoms with Gasteiger partial charge >= 0.3 is 0 Å². The Morgan fingerprint density at radius 1 is 1.28 bits per heavy atom. The second kappa shape index (κ2) is 9.84. The van der Waals surface area contributed by atoms with Gasteiger partial charge in [0.25, 0.3) is 5.91 Å². The average molecular weight is 457 g/mol. The van der Waals surface area contributed by atoms with Gasteiger partial charge < -0.3 is 10.2 Å². The third-order valence-corrected chi connectivity index (χ3v) is 6.56. The number of halogens is 2. The van der Waals surface area contributed by atoms with Crippen molar-refractivity contribution in [3.05, 3.63) is 40.7 Å². The molecule has 1 N–H and O–H groups in total. The molecule has 0 bridgehead atoms. The maximum Gasteiger partial charge on any atom is 0.276 e. The molecule has 1 fully saturated rings. The van der Waals surface area contributed by atoms with Gasteiger partial charge in [0.05, 0.1) is 28.0 Å². The second-order valence-electron chi connectivity index (χ2n) is 7.06. The Kier molecular flexibility index (Phi) is 7.99. The zero-order chi connectivity index (χ0) is 19.0. The van der Waals surface area contributed by atoms with Crippen LogP contribution in [0.15, 0.2) is 24.3 Å². The van der Waals surface area contributed by atoms with Crippen LogP contribution in [0.3, 0.4) is 0 Å². The van der Waals surface area contributed by atoms with Crippen LogP contribution < -0.4 is 5.32 Å². The zero-order valence-corrected chi connectivity index (χ0v) is 19.1. The van der Waals surface area contributed by atoms with Gasteiger partial charge in [-0.3, -0.25) is 4.79 Å². The highest BCUT2D eigenvalue weighted by atomic mass is 35.5. The Bertz CT molecular complexity index is 936. The van der Waals surface area contributed by atoms with Gasteiger partial charge in [-0.15, -0.1) is 41.2 Å². The first kappa shape index (κ1) is 23.5. The third-order valence-electron chi connectivity index (χ3n) is 5.35. The largest absolute Gasteiger partial charge is 0.331 e. The SMILES string of the molecule is Cc1c(C(=O)N(C)C(C)c2nc3ccccc3s2)nnn1C1CCNCC1.Cl.Cl. The molecule has 0 aliphatic carbocycles. The molecule has 10 heteroatoms. The quantitative estimate of drug-likeness (QED) is 0.645. The first-order valence-electron chi connectivity index (χ1n) is 9.31. The lowest BCUT2D eigenvalue weighted by Gasteiger charge is -2.24. The summed E-state index contributed by atoms with van der Waals surface area (Å²) in [7, 11) is 1.81. The average Bonchev–Trinajstić information content (AvgIpc) is 3.30. The number of carbonyl (C=O) groups is 1. The van der Waals surface area contributed by atoms with Crippen molar-refractivity contribution in [3.8, 4) is 0 Å². The van der Waals surface area contributed by atoms with Crippen LogP contribution in [0.1, 0.15) is 53.0 Å². The number of nitrogens with one attached hydrogen (secondary N) is 1. The highest BCUT2D eigenvalue weighted by Gasteiger charge is 2.28. The molecule has 29 heavy (non-hydrogen) atoms. The van der Waals surface area contributed by atoms with Gasteiger partial charge in [0.15, 0.2) is 5.69 Å². The summed E-state index contributed by atoms with van der Waals surface area (Å²) in [6.45, 7) is 5.89. The number of rotatable bonds is 4. The van der Waals surface area contributed by atoms with Gasteiger partial charge in [-0.25, -0.2) is 9.67 Å². The molecule has 1 aliphatic rings. The first-order chi connectivity index (χ1) is 13.1. The lowest BCUT2D eigenvalue weighted by atomic mass is 10.1. The fourth-order valence-electron chi connectivity index (χ4n) is 3.51. The van der Waals surface area contributed by atoms with E-state index in [-0.39, 0.29) is 36.8 Å². The van der Waals surface area contributed by atoms with Crippen LogP contribution >= 0.6 is 36.2 Å². The number of benzene rings is 1. The van der Waals surface area contributed by atoms with Crippen molar-refractivity contribution in [2.24, 2.45) is 0 Å². The summed E-state index contributed by atoms with van der Waals surface area (Å²) in [4.78, 5) is 19.5. The molecule has 4 rings (SSSR count). The van der Waals surface area contributed by atoms with Crippen LogP contribution in [0.5, 0.6) is 0 Å². The Morgan fingerprint density at radius 2 is 1.97 bits per heavy atom. The predicted octanol–water partition coefficient (Wildman–Crippen LogP) is 3.80. The number of nitrogens with zero attached hydrogens (tertiary/aromatic N) is 5. The lowest BCUT2D eigenvalue weighted by Crippen LogP contribution is -2.31. The molecule has 1 amide bonds. The highest BCUT2D eigenvalue weighted by Crippen LogP contribution is 2.30. The molecule has 1 atom stereocenters. The summed E-state index contributed by atoms with van der Waals surface area (Å²) in [6, 6.07) is 8.23. The fourth-order valence-corrected chi connectivity index (χ4v) is 4.58. The normalized spacial score (nSPS) is 15.4. The van der Waals surface area contributed by atoms with Gasteiger partial charge in [0.1, 0.15) is 5.01 Å². The number of hydrogen-bond acceptors (Lipinski definition) is 6. The summed E-state index contributed by atoms with van der Waals surface area (Å²) >= 11 is 1.63. The van der Waals surface area contributed by atoms with E-state index >= 15 is 0 Å². The van der Waals surface area contributed by atoms with E-state index in [4.69, 9.17) is 0 Å². The molecule has 0 radical (unpaired) electrons. The molecule has 1 aliphatic heterocycles. The molecule has 1 unspecified atom stereocenters. The minimum absolute atomic E-state index is 0. The molecule has 0 spiro atoms. The van der Waals surface area contributed by atoms with E-state index in [1.54, 1.807) is 16.2 Å². The fraction of sp³-hybridized carbons (Fsp3) is 0.474. The van der Waals surface area contributed by atoms with Crippen LogP contribution in [-0.4, -0.2) is 50.9 Å². The Morgan fingerprint density at radius 3 is 2.66 bits per heavy atom. The van der Waals surface area contributed by atoms with Gasteiger partial charge in [-0.05, 0) is 51.9 Å². The predicted molar refractivity (Wildman–Crippen MR) is 121 cm³/mol. The number of amides is 1. The number of piperidine rings is 1. The van der Waals surface area contributed by atoms with E-state index in [0.29, 0.717) is 11.7 Å². The molecule has 3 heterocycles. The standard InChI is InChI=1S/C19H24N6OS.2ClH/c1-12-17(22-23-25(12)14-8-10-20-11-9-14)19(26)24(3)13(2)18-21-15-6-4-5-7-16(15)27-18;;/h4-7,13-14,20H,8-11H2,1-3H3;2*1H. The summed E-state index contributed by atoms with van der Waals surface area (Å²) in [5.74, 6) is -0.112. The number of aromatic nitrogens is 4. The van der Waals surface area contributed by atoms with Crippen LogP contribution in [-0.2, 0) is 0 Å². The van der Waals surface area contributed by atoms with Gasteiger partial charge in [-0.2, -0.15) is 0 Å². The van der Waals surface area contributed by atoms with Crippen LogP contribution in [0.2, 0.25) is 0 Å². The van der Waals surface area contributed by atoms with Crippen LogP contribution in [0.25, 0.3) is 10.2 Å². The van der Waals surface area contributed by atoms with Crippen molar-refractivity contribution in [3.63, 3.8) is 0 Å². The Balaban J connectivity index is 0.00000150. The molecule has 3 aromatic rings. The van der Waals surface area contributed by atoms with Crippen molar-refractivity contribution >= 4 is 52.3 Å². The molecular formula is C19H26Cl2N6OS. The van der Waals surface area contributed by atoms with Gasteiger partial charge in [-0.1, -0.05) is 17.3 Å². The van der Waals surface area contributed by atoms with E-state index < -0.39 is 0 Å². The topological polar surface area (TPSA) is 75.9 Å². The molecule has 1 aromatic carbocycles. The van der Waals surface area contributed by atoms with Crippen molar-refractivity contribution in [2.75, 3.05) is 20.1 Å². The summed E-state index contributed by atoms with van der Waals surface area (Å²) in [5.41, 5.74) is 2.25. The highest BCUT2D eigenvalue weighted by molar-refractivity contribution is 7.18. The van der Waals surface area contributed by atoms with Crippen molar-refractivity contribution < 1.29 is 4.79 Å². The van der Waals surface area contributed by atoms with Crippen molar-refractivity contribution in [2.45, 2.75) is 38.8 Å². The minimum Gasteiger partial charge on any atom is -0.331 e. The minimum atomic E-state index is -0.127. The van der Waals surface area contributed by atoms with Crippen LogP contribution in [0.4, 0.5) is 0 Å². The first-order valence-corrected chi connectivity index (χ1v) is 10.1. The van der Waals surface area contributed by atoms with Gasteiger partial charge in [0.2, 0.25) is 0 Å². The third kappa shape index (κ3) is 4.55. The van der Waals surface area contributed by atoms with E-state index in [1.807, 2.05) is 43.8 Å². The summed E-state index contributed by atoms with van der Waals surface area (Å²) in [6.07, 6.45) is 2.02. The van der Waals surface area contributed by atoms with E-state index in [0.717, 1.165) is 46.8 Å². The Hall–Kier alpha value is -1.74. The van der Waals surface area contributed by atoms with Crippen molar-refractivity contribution in [1.82, 2.24) is 30.2 Å². The molecule has 0 saturated carbocycles. The summed E-state index contributed by atoms with van der Waals surface area (Å²) < 4.78 is 3.05. The van der Waals surface area contributed by atoms with Crippen LogP contribution in [0, 0.1) is 6.92 Å². The molecule has 2 aromatic heterocycles. The van der Waals surface area contributed by atoms with E-state index in [9.17, 15) is 4.79 Å². The van der Waals surface area contributed by atoms with E-state index in [1.165, 1.54) is 0 Å². The lowest BCUT2D eigenvalue weighted by molar-refractivity contribution is 0.0735. The number of hydrogen-bond donors (Lipinski definition) is 1. The monoisotopic (exact) mass is 456 g/mol. The maximum atomic E-state index is 13.1. The zero-order valence-electron chi connectivity index (χ0n) is 16.7. The number of para-hydroxylation sites is 1. The van der Waals surface area contributed by atoms with Crippen molar-refractivity contribution in [1.29, 1.82) is 0 Å². The van der Waals surface area contributed by atoms with Gasteiger partial charge in [0, 0.05) is 7.05 Å². The number of fused-ring (bicyclic) bond motifs is 1. The summed E-state index contributed by atoms with van der Waals surface area (Å²) in [5, 5.41) is 12.8. The number of thiazole rings is 1. The second-order valence-corrected chi connectivity index (χ2v) is 8.12. The maximum absolute atomic E-state index is 13.1. The smallest absolute Gasteiger partial charge is 0.276 e. The van der Waals surface area contributed by atoms with E-state index in [2.05, 4.69) is 26.7 Å². The molecular weight excluding hydrogens is 431 g/mol. The molecule has 7 nitrogen and oxygen atoms in total. The molecule has 158 valence electrons.